The SMILES string of the molecule is CC1=C(C(=O)Nc2ccc([N+](=O)[O-])cc2)[C@@H](c2c(Cl)cccc2Cl)NC(=O)N1. The first kappa shape index (κ1) is 19.7. The van der Waals surface area contributed by atoms with Gasteiger partial charge in [0, 0.05) is 39.1 Å². The van der Waals surface area contributed by atoms with Crippen molar-refractivity contribution in [3.8, 4) is 0 Å². The first-order valence-corrected chi connectivity index (χ1v) is 8.81. The van der Waals surface area contributed by atoms with E-state index in [0.717, 1.165) is 0 Å². The molecule has 2 aromatic carbocycles. The van der Waals surface area contributed by atoms with E-state index in [1.54, 1.807) is 25.1 Å². The predicted molar refractivity (Wildman–Crippen MR) is 105 cm³/mol. The van der Waals surface area contributed by atoms with E-state index < -0.39 is 22.9 Å². The van der Waals surface area contributed by atoms with Crippen LogP contribution in [0.4, 0.5) is 16.2 Å². The molecule has 1 aliphatic heterocycles. The number of nitrogens with one attached hydrogen (secondary N) is 3. The molecule has 1 atom stereocenters. The number of amides is 3. The highest BCUT2D eigenvalue weighted by atomic mass is 35.5. The van der Waals surface area contributed by atoms with Crippen LogP contribution in [-0.4, -0.2) is 16.9 Å². The Morgan fingerprint density at radius 1 is 1.14 bits per heavy atom. The summed E-state index contributed by atoms with van der Waals surface area (Å²) in [6, 6.07) is 8.90. The maximum absolute atomic E-state index is 12.9. The predicted octanol–water partition coefficient (Wildman–Crippen LogP) is 4.17. The van der Waals surface area contributed by atoms with E-state index in [2.05, 4.69) is 16.0 Å². The van der Waals surface area contributed by atoms with Crippen molar-refractivity contribution in [3.05, 3.63) is 79.5 Å². The molecule has 0 fully saturated rings. The van der Waals surface area contributed by atoms with Crippen LogP contribution in [0.15, 0.2) is 53.7 Å². The van der Waals surface area contributed by atoms with E-state index >= 15 is 0 Å². The molecule has 0 saturated heterocycles. The molecule has 3 rings (SSSR count). The van der Waals surface area contributed by atoms with Crippen molar-refractivity contribution in [2.24, 2.45) is 0 Å². The van der Waals surface area contributed by atoms with Crippen molar-refractivity contribution in [2.75, 3.05) is 5.32 Å². The Morgan fingerprint density at radius 3 is 2.32 bits per heavy atom. The number of carbonyl (C=O) groups excluding carboxylic acids is 2. The number of non-ortho nitro benzene ring substituents is 1. The highest BCUT2D eigenvalue weighted by molar-refractivity contribution is 6.36. The molecular formula is C18H14Cl2N4O4. The molecule has 28 heavy (non-hydrogen) atoms. The normalized spacial score (nSPS) is 16.2. The fourth-order valence-corrected chi connectivity index (χ4v) is 3.48. The second kappa shape index (κ2) is 7.87. The van der Waals surface area contributed by atoms with E-state index in [1.165, 1.54) is 24.3 Å². The lowest BCUT2D eigenvalue weighted by Crippen LogP contribution is -2.46. The third kappa shape index (κ3) is 3.92. The maximum atomic E-state index is 12.9. The lowest BCUT2D eigenvalue weighted by molar-refractivity contribution is -0.384. The Balaban J connectivity index is 1.96. The third-order valence-electron chi connectivity index (χ3n) is 4.14. The molecule has 0 bridgehead atoms. The lowest BCUT2D eigenvalue weighted by atomic mass is 9.94. The molecule has 0 radical (unpaired) electrons. The Bertz CT molecular complexity index is 985. The number of hydrogen-bond acceptors (Lipinski definition) is 4. The summed E-state index contributed by atoms with van der Waals surface area (Å²) in [6.07, 6.45) is 0. The summed E-state index contributed by atoms with van der Waals surface area (Å²) >= 11 is 12.5. The highest BCUT2D eigenvalue weighted by Gasteiger charge is 2.33. The molecule has 0 spiro atoms. The summed E-state index contributed by atoms with van der Waals surface area (Å²) < 4.78 is 0. The number of nitro groups is 1. The average Bonchev–Trinajstić information content (AvgIpc) is 2.61. The number of anilines is 1. The van der Waals surface area contributed by atoms with E-state index in [-0.39, 0.29) is 11.3 Å². The van der Waals surface area contributed by atoms with Crippen LogP contribution < -0.4 is 16.0 Å². The number of hydrogen-bond donors (Lipinski definition) is 3. The van der Waals surface area contributed by atoms with Gasteiger partial charge in [-0.25, -0.2) is 4.79 Å². The van der Waals surface area contributed by atoms with Gasteiger partial charge in [-0.2, -0.15) is 0 Å². The average molecular weight is 421 g/mol. The molecule has 1 aliphatic rings. The van der Waals surface area contributed by atoms with Crippen molar-refractivity contribution in [1.29, 1.82) is 0 Å². The number of urea groups is 1. The van der Waals surface area contributed by atoms with Crippen molar-refractivity contribution in [1.82, 2.24) is 10.6 Å². The first-order chi connectivity index (χ1) is 13.3. The molecule has 10 heteroatoms. The van der Waals surface area contributed by atoms with E-state index in [0.29, 0.717) is 27.0 Å². The minimum absolute atomic E-state index is 0.0966. The first-order valence-electron chi connectivity index (χ1n) is 8.06. The molecule has 0 aromatic heterocycles. The summed E-state index contributed by atoms with van der Waals surface area (Å²) in [5.74, 6) is -0.514. The highest BCUT2D eigenvalue weighted by Crippen LogP contribution is 2.36. The van der Waals surface area contributed by atoms with Gasteiger partial charge in [0.15, 0.2) is 0 Å². The minimum Gasteiger partial charge on any atom is -0.327 e. The van der Waals surface area contributed by atoms with Crippen molar-refractivity contribution in [3.63, 3.8) is 0 Å². The van der Waals surface area contributed by atoms with Crippen LogP contribution in [-0.2, 0) is 4.79 Å². The van der Waals surface area contributed by atoms with Gasteiger partial charge in [-0.1, -0.05) is 29.3 Å². The van der Waals surface area contributed by atoms with Crippen LogP contribution >= 0.6 is 23.2 Å². The monoisotopic (exact) mass is 420 g/mol. The van der Waals surface area contributed by atoms with Crippen LogP contribution in [0.1, 0.15) is 18.5 Å². The van der Waals surface area contributed by atoms with Gasteiger partial charge >= 0.3 is 6.03 Å². The van der Waals surface area contributed by atoms with Gasteiger partial charge in [0.25, 0.3) is 11.6 Å². The van der Waals surface area contributed by atoms with E-state index in [9.17, 15) is 19.7 Å². The standard InChI is InChI=1S/C18H14Cl2N4O4/c1-9-14(17(25)22-10-5-7-11(8-6-10)24(27)28)16(23-18(26)21-9)15-12(19)3-2-4-13(15)20/h2-8,16H,1H3,(H,22,25)(H2,21,23,26)/t16-/m0/s1. The zero-order valence-electron chi connectivity index (χ0n) is 14.5. The molecular weight excluding hydrogens is 407 g/mol. The Hall–Kier alpha value is -3.10. The number of nitrogens with zero attached hydrogens (tertiary/aromatic N) is 1. The molecule has 0 unspecified atom stereocenters. The molecule has 3 amide bonds. The molecule has 144 valence electrons. The lowest BCUT2D eigenvalue weighted by Gasteiger charge is -2.29. The number of carbonyl (C=O) groups is 2. The summed E-state index contributed by atoms with van der Waals surface area (Å²) in [7, 11) is 0. The number of allylic oxidation sites excluding steroid dienone is 1. The Labute approximate surface area is 169 Å². The molecule has 0 saturated carbocycles. The summed E-state index contributed by atoms with van der Waals surface area (Å²) in [5, 5.41) is 19.2. The van der Waals surface area contributed by atoms with Gasteiger partial charge in [-0.3, -0.25) is 14.9 Å². The van der Waals surface area contributed by atoms with E-state index in [1.807, 2.05) is 0 Å². The Morgan fingerprint density at radius 2 is 1.75 bits per heavy atom. The van der Waals surface area contributed by atoms with Crippen molar-refractivity contribution in [2.45, 2.75) is 13.0 Å². The quantitative estimate of drug-likeness (QED) is 0.508. The largest absolute Gasteiger partial charge is 0.327 e. The van der Waals surface area contributed by atoms with Gasteiger partial charge in [0.1, 0.15) is 0 Å². The van der Waals surface area contributed by atoms with Crippen LogP contribution in [0.5, 0.6) is 0 Å². The molecule has 8 nitrogen and oxygen atoms in total. The van der Waals surface area contributed by atoms with Crippen LogP contribution in [0.2, 0.25) is 10.0 Å². The Kier molecular flexibility index (Phi) is 5.53. The number of halogens is 2. The smallest absolute Gasteiger partial charge is 0.319 e. The maximum Gasteiger partial charge on any atom is 0.319 e. The molecule has 3 N–H and O–H groups in total. The van der Waals surface area contributed by atoms with Crippen molar-refractivity contribution >= 4 is 46.5 Å². The van der Waals surface area contributed by atoms with Crippen LogP contribution in [0.25, 0.3) is 0 Å². The fraction of sp³-hybridized carbons (Fsp3) is 0.111. The summed E-state index contributed by atoms with van der Waals surface area (Å²) in [5.41, 5.74) is 1.21. The minimum atomic E-state index is -0.868. The van der Waals surface area contributed by atoms with Gasteiger partial charge in [0.2, 0.25) is 0 Å². The second-order valence-corrected chi connectivity index (χ2v) is 6.78. The topological polar surface area (TPSA) is 113 Å². The van der Waals surface area contributed by atoms with Gasteiger partial charge in [-0.15, -0.1) is 0 Å². The zero-order chi connectivity index (χ0) is 20.4. The van der Waals surface area contributed by atoms with Crippen LogP contribution in [0, 0.1) is 10.1 Å². The van der Waals surface area contributed by atoms with Crippen molar-refractivity contribution < 1.29 is 14.5 Å². The number of rotatable bonds is 4. The second-order valence-electron chi connectivity index (χ2n) is 5.96. The van der Waals surface area contributed by atoms with Gasteiger partial charge in [-0.05, 0) is 31.2 Å². The zero-order valence-corrected chi connectivity index (χ0v) is 16.0. The molecule has 0 aliphatic carbocycles. The number of benzene rings is 2. The van der Waals surface area contributed by atoms with Gasteiger partial charge in [0.05, 0.1) is 16.5 Å². The summed E-state index contributed by atoms with van der Waals surface area (Å²) in [6.45, 7) is 1.58. The summed E-state index contributed by atoms with van der Waals surface area (Å²) in [4.78, 5) is 35.1. The molecule has 1 heterocycles. The van der Waals surface area contributed by atoms with Gasteiger partial charge < -0.3 is 16.0 Å². The van der Waals surface area contributed by atoms with E-state index in [4.69, 9.17) is 23.2 Å². The fourth-order valence-electron chi connectivity index (χ4n) is 2.86. The third-order valence-corrected chi connectivity index (χ3v) is 4.80. The number of nitro benzene ring substituents is 1. The molecule has 2 aromatic rings. The van der Waals surface area contributed by atoms with Crippen LogP contribution in [0.3, 0.4) is 0 Å².